The number of Topliss-reactive ketones (excluding diaryl/α,β-unsaturated/α-hetero) is 1. The van der Waals surface area contributed by atoms with Gasteiger partial charge in [-0.2, -0.15) is 0 Å². The van der Waals surface area contributed by atoms with Gasteiger partial charge < -0.3 is 4.74 Å². The van der Waals surface area contributed by atoms with E-state index in [0.717, 1.165) is 30.2 Å². The first-order valence-corrected chi connectivity index (χ1v) is 14.0. The van der Waals surface area contributed by atoms with Gasteiger partial charge in [0.05, 0.1) is 6.26 Å². The van der Waals surface area contributed by atoms with Crippen LogP contribution in [0.5, 0.6) is 0 Å². The van der Waals surface area contributed by atoms with Crippen molar-refractivity contribution in [2.24, 2.45) is 11.8 Å². The van der Waals surface area contributed by atoms with Gasteiger partial charge in [-0.15, -0.1) is 0 Å². The smallest absolute Gasteiger partial charge is 0.322 e. The van der Waals surface area contributed by atoms with E-state index in [1.165, 1.54) is 12.8 Å². The minimum absolute atomic E-state index is 0.130. The number of hydrogen-bond acceptors (Lipinski definition) is 5. The molecule has 4 unspecified atom stereocenters. The van der Waals surface area contributed by atoms with Crippen LogP contribution in [0.3, 0.4) is 0 Å². The van der Waals surface area contributed by atoms with E-state index in [1.54, 1.807) is 24.3 Å². The average molecular weight is 502 g/mol. The van der Waals surface area contributed by atoms with Crippen molar-refractivity contribution in [1.29, 1.82) is 0 Å². The summed E-state index contributed by atoms with van der Waals surface area (Å²) in [6.07, 6.45) is 6.79. The van der Waals surface area contributed by atoms with Crippen molar-refractivity contribution >= 4 is 39.1 Å². The highest BCUT2D eigenvalue weighted by molar-refractivity contribution is 7.92. The second-order valence-electron chi connectivity index (χ2n) is 10.1. The molecule has 0 aromatic heterocycles. The molecule has 2 aromatic carbocycles. The highest BCUT2D eigenvalue weighted by atomic mass is 35.5. The Hall–Kier alpha value is -2.38. The number of benzene rings is 2. The molecule has 1 heterocycles. The topological polar surface area (TPSA) is 89.5 Å². The van der Waals surface area contributed by atoms with Gasteiger partial charge in [0.25, 0.3) is 0 Å². The summed E-state index contributed by atoms with van der Waals surface area (Å²) < 4.78 is 31.5. The minimum atomic E-state index is -3.42. The number of aryl methyl sites for hydroxylation is 1. The van der Waals surface area contributed by atoms with E-state index in [0.29, 0.717) is 46.5 Å². The van der Waals surface area contributed by atoms with Crippen LogP contribution in [0.2, 0.25) is 5.02 Å². The molecule has 2 aliphatic carbocycles. The first kappa shape index (κ1) is 23.4. The van der Waals surface area contributed by atoms with Gasteiger partial charge in [-0.1, -0.05) is 43.0 Å². The van der Waals surface area contributed by atoms with Crippen LogP contribution in [0.4, 0.5) is 5.69 Å². The van der Waals surface area contributed by atoms with Crippen LogP contribution in [-0.2, 0) is 24.3 Å². The minimum Gasteiger partial charge on any atom is -0.450 e. The predicted molar refractivity (Wildman–Crippen MR) is 131 cm³/mol. The number of carbonyl (C=O) groups excluding carboxylic acids is 2. The standard InChI is InChI=1S/C26H28ClNO5S/c1-15-11-21(17-6-4-8-19(12-17)28-34(2,31)32)22(27)13-20(15)23-24(29)26(33-25(23)30)10-9-16-5-3-7-18(16)14-26/h4,6,8,11-13,16,18,23,28H,3,5,7,9-10,14H2,1-2H3. The van der Waals surface area contributed by atoms with E-state index in [-0.39, 0.29) is 5.78 Å². The Morgan fingerprint density at radius 3 is 2.62 bits per heavy atom. The number of fused-ring (bicyclic) bond motifs is 1. The molecule has 1 aliphatic heterocycles. The maximum atomic E-state index is 13.6. The van der Waals surface area contributed by atoms with E-state index in [4.69, 9.17) is 16.3 Å². The molecule has 34 heavy (non-hydrogen) atoms. The molecular weight excluding hydrogens is 474 g/mol. The second kappa shape index (κ2) is 8.38. The fourth-order valence-electron chi connectivity index (χ4n) is 6.16. The molecule has 0 amide bonds. The average Bonchev–Trinajstić information content (AvgIpc) is 3.31. The van der Waals surface area contributed by atoms with Crippen LogP contribution >= 0.6 is 11.6 Å². The number of hydrogen-bond donors (Lipinski definition) is 1. The van der Waals surface area contributed by atoms with Crippen molar-refractivity contribution in [3.05, 3.63) is 52.5 Å². The maximum Gasteiger partial charge on any atom is 0.322 e. The summed E-state index contributed by atoms with van der Waals surface area (Å²) in [6.45, 7) is 1.85. The number of halogens is 1. The summed E-state index contributed by atoms with van der Waals surface area (Å²) in [5.74, 6) is -0.451. The fraction of sp³-hybridized carbons (Fsp3) is 0.462. The summed E-state index contributed by atoms with van der Waals surface area (Å²) in [5, 5.41) is 0.387. The van der Waals surface area contributed by atoms with Gasteiger partial charge in [0.1, 0.15) is 5.92 Å². The number of anilines is 1. The Morgan fingerprint density at radius 2 is 1.85 bits per heavy atom. The zero-order valence-electron chi connectivity index (χ0n) is 19.3. The molecule has 3 fully saturated rings. The van der Waals surface area contributed by atoms with Gasteiger partial charge in [0, 0.05) is 16.3 Å². The number of esters is 1. The highest BCUT2D eigenvalue weighted by Crippen LogP contribution is 2.52. The van der Waals surface area contributed by atoms with Crippen LogP contribution in [0.25, 0.3) is 11.1 Å². The van der Waals surface area contributed by atoms with E-state index in [1.807, 2.05) is 19.1 Å². The molecule has 0 bridgehead atoms. The van der Waals surface area contributed by atoms with E-state index >= 15 is 0 Å². The molecule has 180 valence electrons. The molecule has 1 spiro atoms. The van der Waals surface area contributed by atoms with Crippen molar-refractivity contribution < 1.29 is 22.7 Å². The molecule has 4 atom stereocenters. The third kappa shape index (κ3) is 4.13. The van der Waals surface area contributed by atoms with Crippen LogP contribution in [0, 0.1) is 18.8 Å². The van der Waals surface area contributed by atoms with Crippen molar-refractivity contribution in [1.82, 2.24) is 0 Å². The second-order valence-corrected chi connectivity index (χ2v) is 12.2. The van der Waals surface area contributed by atoms with Gasteiger partial charge >= 0.3 is 5.97 Å². The Balaban J connectivity index is 1.46. The maximum absolute atomic E-state index is 13.6. The van der Waals surface area contributed by atoms with Crippen LogP contribution in [-0.4, -0.2) is 32.0 Å². The first-order chi connectivity index (χ1) is 16.1. The number of ketones is 1. The largest absolute Gasteiger partial charge is 0.450 e. The summed E-state index contributed by atoms with van der Waals surface area (Å²) in [6, 6.07) is 10.5. The monoisotopic (exact) mass is 501 g/mol. The number of sulfonamides is 1. The lowest BCUT2D eigenvalue weighted by molar-refractivity contribution is -0.157. The predicted octanol–water partition coefficient (Wildman–Crippen LogP) is 5.24. The normalized spacial score (nSPS) is 28.7. The van der Waals surface area contributed by atoms with Gasteiger partial charge in [-0.3, -0.25) is 14.3 Å². The Labute approximate surface area is 205 Å². The summed E-state index contributed by atoms with van der Waals surface area (Å²) >= 11 is 6.64. The Bertz CT molecular complexity index is 1290. The molecule has 8 heteroatoms. The lowest BCUT2D eigenvalue weighted by atomic mass is 9.70. The fourth-order valence-corrected chi connectivity index (χ4v) is 6.99. The van der Waals surface area contributed by atoms with E-state index in [9.17, 15) is 18.0 Å². The molecule has 3 aliphatic rings. The van der Waals surface area contributed by atoms with Gasteiger partial charge in [-0.05, 0) is 79.0 Å². The van der Waals surface area contributed by atoms with Gasteiger partial charge in [0.15, 0.2) is 11.4 Å². The number of nitrogens with one attached hydrogen (secondary N) is 1. The summed E-state index contributed by atoms with van der Waals surface area (Å²) in [7, 11) is -3.42. The molecular formula is C26H28ClNO5S. The van der Waals surface area contributed by atoms with Gasteiger partial charge in [0.2, 0.25) is 10.0 Å². The van der Waals surface area contributed by atoms with Crippen molar-refractivity contribution in [2.45, 2.75) is 57.0 Å². The molecule has 1 saturated heterocycles. The number of rotatable bonds is 4. The zero-order valence-corrected chi connectivity index (χ0v) is 20.8. The quantitative estimate of drug-likeness (QED) is 0.457. The number of ether oxygens (including phenoxy) is 1. The lowest BCUT2D eigenvalue weighted by Crippen LogP contribution is -2.43. The van der Waals surface area contributed by atoms with E-state index < -0.39 is 27.5 Å². The SMILES string of the molecule is Cc1cc(-c2cccc(NS(C)(=O)=O)c2)c(Cl)cc1C1C(=O)OC2(CCC3CCCC3C2)C1=O. The summed E-state index contributed by atoms with van der Waals surface area (Å²) in [5.41, 5.74) is 2.21. The molecule has 2 aromatic rings. The third-order valence-corrected chi connectivity index (χ3v) is 8.63. The van der Waals surface area contributed by atoms with Crippen molar-refractivity contribution in [3.63, 3.8) is 0 Å². The summed E-state index contributed by atoms with van der Waals surface area (Å²) in [4.78, 5) is 26.6. The first-order valence-electron chi connectivity index (χ1n) is 11.7. The van der Waals surface area contributed by atoms with Gasteiger partial charge in [-0.25, -0.2) is 8.42 Å². The molecule has 5 rings (SSSR count). The molecule has 2 saturated carbocycles. The van der Waals surface area contributed by atoms with Crippen LogP contribution < -0.4 is 4.72 Å². The van der Waals surface area contributed by atoms with Crippen LogP contribution in [0.15, 0.2) is 36.4 Å². The van der Waals surface area contributed by atoms with Crippen LogP contribution in [0.1, 0.15) is 55.6 Å². The van der Waals surface area contributed by atoms with E-state index in [2.05, 4.69) is 4.72 Å². The number of carbonyl (C=O) groups is 2. The molecule has 0 radical (unpaired) electrons. The molecule has 6 nitrogen and oxygen atoms in total. The molecule has 1 N–H and O–H groups in total. The third-order valence-electron chi connectivity index (χ3n) is 7.71. The van der Waals surface area contributed by atoms with Crippen molar-refractivity contribution in [3.8, 4) is 11.1 Å². The lowest BCUT2D eigenvalue weighted by Gasteiger charge is -2.37. The Kier molecular flexibility index (Phi) is 5.76. The highest BCUT2D eigenvalue weighted by Gasteiger charge is 2.59. The zero-order chi connectivity index (χ0) is 24.3. The van der Waals surface area contributed by atoms with Crippen molar-refractivity contribution in [2.75, 3.05) is 11.0 Å². The Morgan fingerprint density at radius 1 is 1.09 bits per heavy atom.